The van der Waals surface area contributed by atoms with Gasteiger partial charge < -0.3 is 4.74 Å². The summed E-state index contributed by atoms with van der Waals surface area (Å²) in [5, 5.41) is 3.25. The molecule has 104 valence electrons. The molecular weight excluding hydrogens is 264 g/mol. The molecule has 0 aromatic heterocycles. The van der Waals surface area contributed by atoms with Crippen LogP contribution >= 0.6 is 11.6 Å². The number of amides is 1. The summed E-state index contributed by atoms with van der Waals surface area (Å²) in [6, 6.07) is 5.50. The highest BCUT2D eigenvalue weighted by Crippen LogP contribution is 2.25. The Morgan fingerprint density at radius 1 is 1.58 bits per heavy atom. The van der Waals surface area contributed by atoms with E-state index in [1.54, 1.807) is 6.07 Å². The molecule has 0 spiro atoms. The van der Waals surface area contributed by atoms with Crippen LogP contribution in [0, 0.1) is 6.92 Å². The van der Waals surface area contributed by atoms with E-state index in [4.69, 9.17) is 16.3 Å². The summed E-state index contributed by atoms with van der Waals surface area (Å²) < 4.78 is 5.41. The molecule has 2 rings (SSSR count). The molecule has 19 heavy (non-hydrogen) atoms. The van der Waals surface area contributed by atoms with Crippen LogP contribution < -0.4 is 5.32 Å². The molecule has 1 N–H and O–H groups in total. The maximum absolute atomic E-state index is 11.9. The second kappa shape index (κ2) is 6.26. The van der Waals surface area contributed by atoms with Crippen molar-refractivity contribution in [2.75, 3.05) is 25.0 Å². The Hall–Kier alpha value is -1.26. The number of carbonyl (C=O) groups is 1. The van der Waals surface area contributed by atoms with Crippen molar-refractivity contribution in [2.24, 2.45) is 0 Å². The number of benzene rings is 1. The van der Waals surface area contributed by atoms with Crippen molar-refractivity contribution < 1.29 is 9.53 Å². The zero-order valence-electron chi connectivity index (χ0n) is 11.3. The first-order valence-corrected chi connectivity index (χ1v) is 6.93. The van der Waals surface area contributed by atoms with Crippen molar-refractivity contribution in [1.82, 2.24) is 4.90 Å². The van der Waals surface area contributed by atoms with Crippen LogP contribution in [0.25, 0.3) is 0 Å². The summed E-state index contributed by atoms with van der Waals surface area (Å²) in [5.74, 6) is 0. The van der Waals surface area contributed by atoms with Crippen molar-refractivity contribution in [2.45, 2.75) is 26.4 Å². The van der Waals surface area contributed by atoms with E-state index in [-0.39, 0.29) is 6.10 Å². The number of aryl methyl sites for hydroxylation is 1. The van der Waals surface area contributed by atoms with Crippen LogP contribution in [0.4, 0.5) is 10.5 Å². The second-order valence-electron chi connectivity index (χ2n) is 4.77. The number of rotatable bonds is 3. The molecule has 5 heteroatoms. The van der Waals surface area contributed by atoms with E-state index in [1.807, 2.05) is 19.1 Å². The van der Waals surface area contributed by atoms with Crippen LogP contribution in [0.3, 0.4) is 0 Å². The van der Waals surface area contributed by atoms with Gasteiger partial charge in [-0.25, -0.2) is 4.79 Å². The SMILES string of the molecule is CCN1CC[C@H](OC(=O)Nc2c(C)cccc2Cl)C1. The Morgan fingerprint density at radius 2 is 2.37 bits per heavy atom. The van der Waals surface area contributed by atoms with E-state index in [1.165, 1.54) is 0 Å². The highest BCUT2D eigenvalue weighted by Gasteiger charge is 2.24. The fraction of sp³-hybridized carbons (Fsp3) is 0.500. The van der Waals surface area contributed by atoms with E-state index in [9.17, 15) is 4.79 Å². The fourth-order valence-corrected chi connectivity index (χ4v) is 2.52. The van der Waals surface area contributed by atoms with Crippen LogP contribution in [0.2, 0.25) is 5.02 Å². The number of ether oxygens (including phenoxy) is 1. The summed E-state index contributed by atoms with van der Waals surface area (Å²) >= 11 is 6.06. The molecule has 1 saturated heterocycles. The van der Waals surface area contributed by atoms with Crippen molar-refractivity contribution in [3.8, 4) is 0 Å². The maximum Gasteiger partial charge on any atom is 0.411 e. The van der Waals surface area contributed by atoms with Gasteiger partial charge in [-0.2, -0.15) is 0 Å². The lowest BCUT2D eigenvalue weighted by Crippen LogP contribution is -2.26. The number of anilines is 1. The highest BCUT2D eigenvalue weighted by atomic mass is 35.5. The number of para-hydroxylation sites is 1. The van der Waals surface area contributed by atoms with Crippen LogP contribution in [0.1, 0.15) is 18.9 Å². The molecule has 1 fully saturated rings. The third-order valence-corrected chi connectivity index (χ3v) is 3.71. The Kier molecular flexibility index (Phi) is 4.66. The first-order chi connectivity index (χ1) is 9.10. The predicted molar refractivity (Wildman–Crippen MR) is 76.8 cm³/mol. The largest absolute Gasteiger partial charge is 0.445 e. The molecule has 0 unspecified atom stereocenters. The van der Waals surface area contributed by atoms with Gasteiger partial charge in [0.15, 0.2) is 0 Å². The summed E-state index contributed by atoms with van der Waals surface area (Å²) in [6.07, 6.45) is 0.435. The van der Waals surface area contributed by atoms with Gasteiger partial charge in [-0.3, -0.25) is 10.2 Å². The van der Waals surface area contributed by atoms with Crippen molar-refractivity contribution in [1.29, 1.82) is 0 Å². The van der Waals surface area contributed by atoms with E-state index in [0.717, 1.165) is 31.6 Å². The molecule has 1 heterocycles. The van der Waals surface area contributed by atoms with Crippen LogP contribution in [0.15, 0.2) is 18.2 Å². The monoisotopic (exact) mass is 282 g/mol. The number of likely N-dealkylation sites (tertiary alicyclic amines) is 1. The molecule has 1 atom stereocenters. The number of nitrogens with one attached hydrogen (secondary N) is 1. The van der Waals surface area contributed by atoms with Crippen molar-refractivity contribution >= 4 is 23.4 Å². The van der Waals surface area contributed by atoms with Gasteiger partial charge in [0.1, 0.15) is 6.10 Å². The van der Waals surface area contributed by atoms with Gasteiger partial charge >= 0.3 is 6.09 Å². The molecule has 1 amide bonds. The molecule has 0 radical (unpaired) electrons. The first-order valence-electron chi connectivity index (χ1n) is 6.55. The third kappa shape index (κ3) is 3.61. The molecule has 0 bridgehead atoms. The Bertz CT molecular complexity index is 445. The van der Waals surface area contributed by atoms with E-state index in [0.29, 0.717) is 10.7 Å². The molecular formula is C14H19ClN2O2. The Morgan fingerprint density at radius 3 is 3.00 bits per heavy atom. The van der Waals surface area contributed by atoms with Crippen LogP contribution in [-0.4, -0.2) is 36.7 Å². The predicted octanol–water partition coefficient (Wildman–Crippen LogP) is 3.29. The van der Waals surface area contributed by atoms with E-state index in [2.05, 4.69) is 17.1 Å². The number of carbonyl (C=O) groups excluding carboxylic acids is 1. The minimum Gasteiger partial charge on any atom is -0.445 e. The van der Waals surface area contributed by atoms with Crippen molar-refractivity contribution in [3.63, 3.8) is 0 Å². The average molecular weight is 283 g/mol. The van der Waals surface area contributed by atoms with E-state index >= 15 is 0 Å². The quantitative estimate of drug-likeness (QED) is 0.925. The van der Waals surface area contributed by atoms with Gasteiger partial charge in [0, 0.05) is 13.1 Å². The Labute approximate surface area is 118 Å². The number of hydrogen-bond acceptors (Lipinski definition) is 3. The standard InChI is InChI=1S/C14H19ClN2O2/c1-3-17-8-7-11(9-17)19-14(18)16-13-10(2)5-4-6-12(13)15/h4-6,11H,3,7-9H2,1-2H3,(H,16,18)/t11-/m0/s1. The maximum atomic E-state index is 11.9. The Balaban J connectivity index is 1.91. The van der Waals surface area contributed by atoms with Gasteiger partial charge in [-0.05, 0) is 31.5 Å². The fourth-order valence-electron chi connectivity index (χ4n) is 2.25. The van der Waals surface area contributed by atoms with Gasteiger partial charge in [-0.1, -0.05) is 30.7 Å². The number of nitrogens with zero attached hydrogens (tertiary/aromatic N) is 1. The lowest BCUT2D eigenvalue weighted by molar-refractivity contribution is 0.114. The molecule has 1 aromatic rings. The number of likely N-dealkylation sites (N-methyl/N-ethyl adjacent to an activating group) is 1. The molecule has 1 aliphatic heterocycles. The molecule has 4 nitrogen and oxygen atoms in total. The van der Waals surface area contributed by atoms with Crippen LogP contribution in [0.5, 0.6) is 0 Å². The smallest absolute Gasteiger partial charge is 0.411 e. The van der Waals surface area contributed by atoms with Gasteiger partial charge in [0.2, 0.25) is 0 Å². The topological polar surface area (TPSA) is 41.6 Å². The van der Waals surface area contributed by atoms with Gasteiger partial charge in [-0.15, -0.1) is 0 Å². The third-order valence-electron chi connectivity index (χ3n) is 3.40. The highest BCUT2D eigenvalue weighted by molar-refractivity contribution is 6.33. The van der Waals surface area contributed by atoms with E-state index < -0.39 is 6.09 Å². The normalized spacial score (nSPS) is 19.4. The molecule has 0 aliphatic carbocycles. The average Bonchev–Trinajstić information content (AvgIpc) is 2.81. The zero-order valence-corrected chi connectivity index (χ0v) is 12.0. The summed E-state index contributed by atoms with van der Waals surface area (Å²) in [7, 11) is 0. The molecule has 0 saturated carbocycles. The molecule has 1 aliphatic rings. The summed E-state index contributed by atoms with van der Waals surface area (Å²) in [4.78, 5) is 14.1. The number of halogens is 1. The number of hydrogen-bond donors (Lipinski definition) is 1. The van der Waals surface area contributed by atoms with Gasteiger partial charge in [0.05, 0.1) is 10.7 Å². The first kappa shape index (κ1) is 14.2. The molecule has 1 aromatic carbocycles. The lowest BCUT2D eigenvalue weighted by atomic mass is 10.2. The zero-order chi connectivity index (χ0) is 13.8. The lowest BCUT2D eigenvalue weighted by Gasteiger charge is -2.15. The van der Waals surface area contributed by atoms with Crippen molar-refractivity contribution in [3.05, 3.63) is 28.8 Å². The van der Waals surface area contributed by atoms with Gasteiger partial charge in [0.25, 0.3) is 0 Å². The minimum atomic E-state index is -0.431. The van der Waals surface area contributed by atoms with Crippen LogP contribution in [-0.2, 0) is 4.74 Å². The second-order valence-corrected chi connectivity index (χ2v) is 5.17. The summed E-state index contributed by atoms with van der Waals surface area (Å²) in [6.45, 7) is 6.79. The summed E-state index contributed by atoms with van der Waals surface area (Å²) in [5.41, 5.74) is 1.55. The minimum absolute atomic E-state index is 0.0252.